The fraction of sp³-hybridized carbons (Fsp3) is 0.0833. The first-order valence-electron chi connectivity index (χ1n) is 14.9. The highest BCUT2D eigenvalue weighted by molar-refractivity contribution is 7.98. The minimum absolute atomic E-state index is 0.0856. The Labute approximate surface area is 274 Å². The van der Waals surface area contributed by atoms with Gasteiger partial charge >= 0.3 is 0 Å². The van der Waals surface area contributed by atoms with Crippen LogP contribution in [0.3, 0.4) is 0 Å². The lowest BCUT2D eigenvalue weighted by Gasteiger charge is -2.16. The Balaban J connectivity index is 1.31. The number of rotatable bonds is 9. The topological polar surface area (TPSA) is 120 Å². The molecule has 0 aliphatic heterocycles. The molecule has 0 bridgehead atoms. The van der Waals surface area contributed by atoms with Crippen molar-refractivity contribution < 1.29 is 14.6 Å². The van der Waals surface area contributed by atoms with Gasteiger partial charge in [0.15, 0.2) is 0 Å². The number of anilines is 1. The van der Waals surface area contributed by atoms with Crippen molar-refractivity contribution >= 4 is 34.1 Å². The minimum Gasteiger partial charge on any atom is -0.506 e. The van der Waals surface area contributed by atoms with E-state index in [1.807, 2.05) is 117 Å². The molecule has 0 unspecified atom stereocenters. The highest BCUT2D eigenvalue weighted by atomic mass is 32.2. The number of carbonyl (C=O) groups excluding carboxylic acids is 1. The van der Waals surface area contributed by atoms with Crippen molar-refractivity contribution in [3.63, 3.8) is 0 Å². The summed E-state index contributed by atoms with van der Waals surface area (Å²) >= 11 is 1.46. The average molecular weight is 640 g/mol. The average Bonchev–Trinajstić information content (AvgIpc) is 3.70. The number of hydrogen-bond donors (Lipinski definition) is 2. The zero-order chi connectivity index (χ0) is 32.3. The number of ether oxygens (including phenoxy) is 1. The summed E-state index contributed by atoms with van der Waals surface area (Å²) in [5.41, 5.74) is 4.88. The Hall–Kier alpha value is -5.94. The van der Waals surface area contributed by atoms with Crippen LogP contribution >= 0.6 is 11.8 Å². The maximum absolute atomic E-state index is 13.6. The first-order valence-corrected chi connectivity index (χ1v) is 15.9. The summed E-state index contributed by atoms with van der Waals surface area (Å²) in [6.07, 6.45) is 0. The van der Waals surface area contributed by atoms with Crippen molar-refractivity contribution in [3.05, 3.63) is 138 Å². The summed E-state index contributed by atoms with van der Waals surface area (Å²) in [6.45, 7) is 3.84. The third kappa shape index (κ3) is 5.91. The Morgan fingerprint density at radius 2 is 1.47 bits per heavy atom. The quantitative estimate of drug-likeness (QED) is 0.155. The van der Waals surface area contributed by atoms with Gasteiger partial charge in [-0.25, -0.2) is 4.68 Å². The van der Waals surface area contributed by atoms with Crippen LogP contribution in [0, 0.1) is 13.8 Å². The summed E-state index contributed by atoms with van der Waals surface area (Å²) in [4.78, 5) is 13.6. The van der Waals surface area contributed by atoms with E-state index in [0.29, 0.717) is 39.0 Å². The van der Waals surface area contributed by atoms with E-state index in [9.17, 15) is 9.90 Å². The van der Waals surface area contributed by atoms with Crippen LogP contribution in [-0.4, -0.2) is 41.0 Å². The highest BCUT2D eigenvalue weighted by Gasteiger charge is 2.24. The summed E-state index contributed by atoms with van der Waals surface area (Å²) in [7, 11) is 0. The SMILES string of the molecule is Cc1ccccc1NC(=O)c1cc(Oc2c(CSc3nnnn3-c3ccccc3)c(C)nn2-c2ccccc2)c2ccccc2c1O. The second kappa shape index (κ2) is 12.8. The van der Waals surface area contributed by atoms with Crippen LogP contribution in [0.15, 0.2) is 120 Å². The van der Waals surface area contributed by atoms with Gasteiger partial charge < -0.3 is 15.2 Å². The molecule has 0 aliphatic rings. The summed E-state index contributed by atoms with van der Waals surface area (Å²) in [6, 6.07) is 35.7. The molecule has 0 aliphatic carbocycles. The van der Waals surface area contributed by atoms with E-state index in [-0.39, 0.29) is 11.3 Å². The monoisotopic (exact) mass is 639 g/mol. The molecule has 0 saturated heterocycles. The number of hydrogen-bond acceptors (Lipinski definition) is 8. The van der Waals surface area contributed by atoms with E-state index in [2.05, 4.69) is 20.8 Å². The second-order valence-corrected chi connectivity index (χ2v) is 11.7. The molecule has 0 spiro atoms. The zero-order valence-electron chi connectivity index (χ0n) is 25.5. The molecule has 0 fully saturated rings. The normalized spacial score (nSPS) is 11.1. The van der Waals surface area contributed by atoms with Crippen LogP contribution in [-0.2, 0) is 5.75 Å². The van der Waals surface area contributed by atoms with Gasteiger partial charge in [-0.15, -0.1) is 5.10 Å². The van der Waals surface area contributed by atoms with Crippen molar-refractivity contribution in [1.29, 1.82) is 0 Å². The first-order chi connectivity index (χ1) is 23.0. The van der Waals surface area contributed by atoms with Crippen LogP contribution in [0.5, 0.6) is 17.4 Å². The number of aromatic hydroxyl groups is 1. The Bertz CT molecular complexity index is 2220. The van der Waals surface area contributed by atoms with Gasteiger partial charge in [0.25, 0.3) is 5.91 Å². The maximum atomic E-state index is 13.6. The smallest absolute Gasteiger partial charge is 0.259 e. The molecule has 10 nitrogen and oxygen atoms in total. The van der Waals surface area contributed by atoms with E-state index >= 15 is 0 Å². The fourth-order valence-corrected chi connectivity index (χ4v) is 6.25. The van der Waals surface area contributed by atoms with E-state index < -0.39 is 5.91 Å². The van der Waals surface area contributed by atoms with Crippen molar-refractivity contribution in [2.75, 3.05) is 5.32 Å². The van der Waals surface area contributed by atoms with Gasteiger partial charge in [-0.2, -0.15) is 9.78 Å². The molecule has 7 aromatic rings. The van der Waals surface area contributed by atoms with Crippen molar-refractivity contribution in [2.45, 2.75) is 24.8 Å². The van der Waals surface area contributed by atoms with E-state index in [4.69, 9.17) is 9.84 Å². The highest BCUT2D eigenvalue weighted by Crippen LogP contribution is 2.41. The maximum Gasteiger partial charge on any atom is 0.259 e. The Kier molecular flexibility index (Phi) is 8.11. The number of aryl methyl sites for hydroxylation is 2. The predicted octanol–water partition coefficient (Wildman–Crippen LogP) is 7.66. The van der Waals surface area contributed by atoms with E-state index in [1.165, 1.54) is 11.8 Å². The van der Waals surface area contributed by atoms with Crippen molar-refractivity contribution in [3.8, 4) is 28.8 Å². The summed E-state index contributed by atoms with van der Waals surface area (Å²) < 4.78 is 10.2. The third-order valence-electron chi connectivity index (χ3n) is 7.75. The van der Waals surface area contributed by atoms with Crippen LogP contribution in [0.25, 0.3) is 22.1 Å². The number of phenols is 1. The molecule has 0 radical (unpaired) electrons. The van der Waals surface area contributed by atoms with Gasteiger partial charge in [-0.1, -0.05) is 90.6 Å². The lowest BCUT2D eigenvalue weighted by molar-refractivity contribution is 0.102. The van der Waals surface area contributed by atoms with Crippen LogP contribution < -0.4 is 10.1 Å². The number of carbonyl (C=O) groups is 1. The van der Waals surface area contributed by atoms with Crippen LogP contribution in [0.1, 0.15) is 27.2 Å². The fourth-order valence-electron chi connectivity index (χ4n) is 5.28. The van der Waals surface area contributed by atoms with Crippen LogP contribution in [0.4, 0.5) is 5.69 Å². The number of nitrogens with one attached hydrogen (secondary N) is 1. The molecule has 232 valence electrons. The van der Waals surface area contributed by atoms with Gasteiger partial charge in [0.05, 0.1) is 22.6 Å². The summed E-state index contributed by atoms with van der Waals surface area (Å²) in [5, 5.41) is 33.2. The molecule has 7 rings (SSSR count). The van der Waals surface area contributed by atoms with Gasteiger partial charge in [-0.05, 0) is 66.2 Å². The largest absolute Gasteiger partial charge is 0.506 e. The molecule has 11 heteroatoms. The Morgan fingerprint density at radius 1 is 0.830 bits per heavy atom. The summed E-state index contributed by atoms with van der Waals surface area (Å²) in [5.74, 6) is 0.725. The molecule has 1 amide bonds. The predicted molar refractivity (Wildman–Crippen MR) is 182 cm³/mol. The number of aromatic nitrogens is 6. The molecule has 2 heterocycles. The molecule has 0 saturated carbocycles. The van der Waals surface area contributed by atoms with Crippen molar-refractivity contribution in [2.24, 2.45) is 0 Å². The molecule has 2 N–H and O–H groups in total. The van der Waals surface area contributed by atoms with Gasteiger partial charge in [0.2, 0.25) is 11.0 Å². The molecule has 5 aromatic carbocycles. The molecule has 2 aromatic heterocycles. The Morgan fingerprint density at radius 3 is 2.19 bits per heavy atom. The minimum atomic E-state index is -0.455. The number of para-hydroxylation sites is 3. The van der Waals surface area contributed by atoms with Crippen LogP contribution in [0.2, 0.25) is 0 Å². The van der Waals surface area contributed by atoms with Crippen molar-refractivity contribution in [1.82, 2.24) is 30.0 Å². The molecular weight excluding hydrogens is 611 g/mol. The number of fused-ring (bicyclic) bond motifs is 1. The molecule has 0 atom stereocenters. The number of nitrogens with zero attached hydrogens (tertiary/aromatic N) is 6. The van der Waals surface area contributed by atoms with Gasteiger partial charge in [0.1, 0.15) is 11.5 Å². The number of thioether (sulfide) groups is 1. The van der Waals surface area contributed by atoms with Gasteiger partial charge in [0, 0.05) is 27.8 Å². The second-order valence-electron chi connectivity index (χ2n) is 10.8. The molecular formula is C36H29N7O3S. The van der Waals surface area contributed by atoms with E-state index in [0.717, 1.165) is 28.2 Å². The number of amides is 1. The van der Waals surface area contributed by atoms with E-state index in [1.54, 1.807) is 21.5 Å². The number of phenolic OH excluding ortho intramolecular Hbond substituents is 1. The molecule has 47 heavy (non-hydrogen) atoms. The third-order valence-corrected chi connectivity index (χ3v) is 8.69. The number of tetrazole rings is 1. The van der Waals surface area contributed by atoms with Gasteiger partial charge in [-0.3, -0.25) is 4.79 Å². The number of benzene rings is 5. The first kappa shape index (κ1) is 29.8. The lowest BCUT2D eigenvalue weighted by Crippen LogP contribution is -2.13. The lowest BCUT2D eigenvalue weighted by atomic mass is 10.0. The zero-order valence-corrected chi connectivity index (χ0v) is 26.3. The standard InChI is InChI=1S/C36H29N7O3S/c1-23-13-9-12-20-31(23)37-34(45)29-21-32(27-18-10-11-19-28(27)33(29)44)46-35-30(24(2)39-42(35)25-14-5-3-6-15-25)22-47-36-38-40-41-43(36)26-16-7-4-8-17-26/h3-21,44H,22H2,1-2H3,(H,37,45).